The Kier molecular flexibility index (Phi) is 4.80. The fourth-order valence-electron chi connectivity index (χ4n) is 2.42. The van der Waals surface area contributed by atoms with Gasteiger partial charge in [-0.15, -0.1) is 0 Å². The van der Waals surface area contributed by atoms with E-state index in [4.69, 9.17) is 22.1 Å². The Morgan fingerprint density at radius 3 is 3.00 bits per heavy atom. The molecule has 0 amide bonds. The Hall–Kier alpha value is -1.10. The summed E-state index contributed by atoms with van der Waals surface area (Å²) in [5, 5.41) is 0.740. The summed E-state index contributed by atoms with van der Waals surface area (Å²) in [6, 6.07) is 5.91. The van der Waals surface area contributed by atoms with Gasteiger partial charge in [-0.2, -0.15) is 0 Å². The molecule has 2 N–H and O–H groups in total. The first-order valence-corrected chi connectivity index (χ1v) is 6.79. The predicted octanol–water partition coefficient (Wildman–Crippen LogP) is 1.79. The largest absolute Gasteiger partial charge is 0.469 e. The minimum atomic E-state index is -0.118. The number of hydrogen-bond donors (Lipinski definition) is 1. The van der Waals surface area contributed by atoms with Crippen molar-refractivity contribution >= 4 is 17.6 Å². The summed E-state index contributed by atoms with van der Waals surface area (Å²) in [7, 11) is 1.44. The maximum Gasteiger partial charge on any atom is 0.310 e. The number of esters is 1. The number of benzene rings is 1. The van der Waals surface area contributed by atoms with Crippen LogP contribution >= 0.6 is 11.6 Å². The lowest BCUT2D eigenvalue weighted by molar-refractivity contribution is -0.144. The number of halogens is 1. The van der Waals surface area contributed by atoms with Crippen molar-refractivity contribution in [3.63, 3.8) is 0 Å². The Bertz CT molecular complexity index is 465. The second kappa shape index (κ2) is 6.37. The maximum atomic E-state index is 11.5. The number of carbonyl (C=O) groups is 1. The Labute approximate surface area is 118 Å². The third kappa shape index (κ3) is 3.47. The summed E-state index contributed by atoms with van der Waals surface area (Å²) in [5.41, 5.74) is 7.68. The van der Waals surface area contributed by atoms with Crippen molar-refractivity contribution in [2.24, 2.45) is 11.7 Å². The van der Waals surface area contributed by atoms with Crippen LogP contribution in [-0.4, -0.2) is 31.1 Å². The molecule has 0 spiro atoms. The SMILES string of the molecule is COC(=O)C1CCN(Cc2ccc(CN)cc2Cl)C1. The van der Waals surface area contributed by atoms with Gasteiger partial charge in [-0.05, 0) is 30.2 Å². The van der Waals surface area contributed by atoms with E-state index in [-0.39, 0.29) is 11.9 Å². The summed E-state index contributed by atoms with van der Waals surface area (Å²) < 4.78 is 4.78. The Morgan fingerprint density at radius 1 is 1.58 bits per heavy atom. The van der Waals surface area contributed by atoms with E-state index in [1.165, 1.54) is 7.11 Å². The van der Waals surface area contributed by atoms with Gasteiger partial charge < -0.3 is 10.5 Å². The zero-order valence-corrected chi connectivity index (χ0v) is 11.8. The maximum absolute atomic E-state index is 11.5. The number of rotatable bonds is 4. The number of hydrogen-bond acceptors (Lipinski definition) is 4. The molecule has 0 aromatic heterocycles. The number of nitrogens with zero attached hydrogens (tertiary/aromatic N) is 1. The first kappa shape index (κ1) is 14.3. The third-order valence-corrected chi connectivity index (χ3v) is 3.91. The minimum absolute atomic E-state index is 0.00732. The van der Waals surface area contributed by atoms with Crippen molar-refractivity contribution in [2.45, 2.75) is 19.5 Å². The molecule has 104 valence electrons. The number of nitrogens with two attached hydrogens (primary N) is 1. The van der Waals surface area contributed by atoms with Gasteiger partial charge in [-0.25, -0.2) is 0 Å². The van der Waals surface area contributed by atoms with Crippen LogP contribution in [-0.2, 0) is 22.6 Å². The van der Waals surface area contributed by atoms with Crippen LogP contribution in [0.2, 0.25) is 5.02 Å². The van der Waals surface area contributed by atoms with Crippen LogP contribution in [0.5, 0.6) is 0 Å². The normalized spacial score (nSPS) is 19.6. The van der Waals surface area contributed by atoms with Crippen LogP contribution in [0.3, 0.4) is 0 Å². The van der Waals surface area contributed by atoms with Crippen molar-refractivity contribution in [1.82, 2.24) is 4.90 Å². The smallest absolute Gasteiger partial charge is 0.310 e. The van der Waals surface area contributed by atoms with E-state index in [0.29, 0.717) is 6.54 Å². The monoisotopic (exact) mass is 282 g/mol. The van der Waals surface area contributed by atoms with E-state index >= 15 is 0 Å². The molecule has 0 aliphatic carbocycles. The van der Waals surface area contributed by atoms with Crippen LogP contribution in [0.25, 0.3) is 0 Å². The van der Waals surface area contributed by atoms with E-state index in [0.717, 1.165) is 42.2 Å². The molecule has 1 atom stereocenters. The van der Waals surface area contributed by atoms with Crippen LogP contribution in [0, 0.1) is 5.92 Å². The summed E-state index contributed by atoms with van der Waals surface area (Å²) in [6.07, 6.45) is 0.852. The van der Waals surface area contributed by atoms with Gasteiger partial charge in [0.2, 0.25) is 0 Å². The van der Waals surface area contributed by atoms with Gasteiger partial charge in [0, 0.05) is 24.7 Å². The molecule has 0 radical (unpaired) electrons. The highest BCUT2D eigenvalue weighted by atomic mass is 35.5. The third-order valence-electron chi connectivity index (χ3n) is 3.55. The number of carbonyl (C=O) groups excluding carboxylic acids is 1. The second-order valence-electron chi connectivity index (χ2n) is 4.87. The van der Waals surface area contributed by atoms with Crippen molar-refractivity contribution in [3.8, 4) is 0 Å². The first-order chi connectivity index (χ1) is 9.13. The zero-order chi connectivity index (χ0) is 13.8. The highest BCUT2D eigenvalue weighted by Crippen LogP contribution is 2.24. The summed E-state index contributed by atoms with van der Waals surface area (Å²) in [6.45, 7) is 2.89. The fourth-order valence-corrected chi connectivity index (χ4v) is 2.69. The van der Waals surface area contributed by atoms with Gasteiger partial charge in [0.05, 0.1) is 13.0 Å². The van der Waals surface area contributed by atoms with Gasteiger partial charge in [0.25, 0.3) is 0 Å². The molecule has 2 rings (SSSR count). The van der Waals surface area contributed by atoms with Crippen molar-refractivity contribution in [2.75, 3.05) is 20.2 Å². The minimum Gasteiger partial charge on any atom is -0.469 e. The Balaban J connectivity index is 1.97. The van der Waals surface area contributed by atoms with Gasteiger partial charge in [0.1, 0.15) is 0 Å². The number of methoxy groups -OCH3 is 1. The first-order valence-electron chi connectivity index (χ1n) is 6.41. The quantitative estimate of drug-likeness (QED) is 0.856. The molecule has 1 aliphatic rings. The van der Waals surface area contributed by atoms with E-state index in [1.807, 2.05) is 18.2 Å². The predicted molar refractivity (Wildman–Crippen MR) is 74.7 cm³/mol. The molecule has 1 heterocycles. The van der Waals surface area contributed by atoms with E-state index in [1.54, 1.807) is 0 Å². The molecule has 1 unspecified atom stereocenters. The lowest BCUT2D eigenvalue weighted by Crippen LogP contribution is -2.23. The second-order valence-corrected chi connectivity index (χ2v) is 5.28. The van der Waals surface area contributed by atoms with E-state index < -0.39 is 0 Å². The molecule has 1 saturated heterocycles. The zero-order valence-electron chi connectivity index (χ0n) is 11.1. The molecule has 1 aliphatic heterocycles. The molecule has 1 aromatic carbocycles. The van der Waals surface area contributed by atoms with Gasteiger partial charge in [-0.3, -0.25) is 9.69 Å². The average Bonchev–Trinajstić information content (AvgIpc) is 2.88. The highest BCUT2D eigenvalue weighted by Gasteiger charge is 2.29. The summed E-state index contributed by atoms with van der Waals surface area (Å²) >= 11 is 6.24. The van der Waals surface area contributed by atoms with Crippen molar-refractivity contribution < 1.29 is 9.53 Å². The molecule has 1 fully saturated rings. The molecular weight excluding hydrogens is 264 g/mol. The number of likely N-dealkylation sites (tertiary alicyclic amines) is 1. The topological polar surface area (TPSA) is 55.6 Å². The van der Waals surface area contributed by atoms with Crippen molar-refractivity contribution in [1.29, 1.82) is 0 Å². The van der Waals surface area contributed by atoms with Crippen LogP contribution in [0.15, 0.2) is 18.2 Å². The lowest BCUT2D eigenvalue weighted by Gasteiger charge is -2.16. The van der Waals surface area contributed by atoms with Crippen molar-refractivity contribution in [3.05, 3.63) is 34.3 Å². The molecule has 0 saturated carbocycles. The summed E-state index contributed by atoms with van der Waals surface area (Å²) in [5.74, 6) is -0.126. The van der Waals surface area contributed by atoms with Crippen LogP contribution in [0.4, 0.5) is 0 Å². The molecule has 19 heavy (non-hydrogen) atoms. The standard InChI is InChI=1S/C14H19ClN2O2/c1-19-14(18)12-4-5-17(9-12)8-11-3-2-10(7-16)6-13(11)15/h2-3,6,12H,4-5,7-9,16H2,1H3. The van der Waals surface area contributed by atoms with Gasteiger partial charge in [-0.1, -0.05) is 23.7 Å². The summed E-state index contributed by atoms with van der Waals surface area (Å²) in [4.78, 5) is 13.7. The molecule has 4 nitrogen and oxygen atoms in total. The van der Waals surface area contributed by atoms with Gasteiger partial charge >= 0.3 is 5.97 Å². The molecule has 0 bridgehead atoms. The Morgan fingerprint density at radius 2 is 2.37 bits per heavy atom. The van der Waals surface area contributed by atoms with Crippen LogP contribution < -0.4 is 5.73 Å². The van der Waals surface area contributed by atoms with E-state index in [9.17, 15) is 4.79 Å². The van der Waals surface area contributed by atoms with Crippen LogP contribution in [0.1, 0.15) is 17.5 Å². The van der Waals surface area contributed by atoms with Gasteiger partial charge in [0.15, 0.2) is 0 Å². The lowest BCUT2D eigenvalue weighted by atomic mass is 10.1. The number of ether oxygens (including phenoxy) is 1. The molecule has 1 aromatic rings. The fraction of sp³-hybridized carbons (Fsp3) is 0.500. The van der Waals surface area contributed by atoms with E-state index in [2.05, 4.69) is 4.90 Å². The molecule has 5 heteroatoms. The molecular formula is C14H19ClN2O2. The highest BCUT2D eigenvalue weighted by molar-refractivity contribution is 6.31. The average molecular weight is 283 g/mol.